The van der Waals surface area contributed by atoms with Gasteiger partial charge in [0.05, 0.1) is 19.2 Å². The van der Waals surface area contributed by atoms with Gasteiger partial charge in [0.25, 0.3) is 0 Å². The fourth-order valence-electron chi connectivity index (χ4n) is 2.19. The molecule has 3 N–H and O–H groups in total. The zero-order chi connectivity index (χ0) is 17.4. The van der Waals surface area contributed by atoms with Gasteiger partial charge in [-0.3, -0.25) is 4.79 Å². The number of urea groups is 1. The molecule has 0 radical (unpaired) electrons. The second-order valence-corrected chi connectivity index (χ2v) is 5.27. The normalized spacial score (nSPS) is 11.7. The minimum atomic E-state index is -0.986. The highest BCUT2D eigenvalue weighted by atomic mass is 16.4. The van der Waals surface area contributed by atoms with E-state index in [9.17, 15) is 14.7 Å². The van der Waals surface area contributed by atoms with Crippen molar-refractivity contribution in [3.8, 4) is 0 Å². The molecular formula is C17H20N2O5. The zero-order valence-electron chi connectivity index (χ0n) is 13.1. The third kappa shape index (κ3) is 5.44. The molecule has 0 fully saturated rings. The van der Waals surface area contributed by atoms with Crippen molar-refractivity contribution in [3.05, 3.63) is 60.1 Å². The van der Waals surface area contributed by atoms with E-state index in [1.807, 2.05) is 30.3 Å². The number of nitrogens with zero attached hydrogens (tertiary/aromatic N) is 1. The molecule has 0 saturated carbocycles. The average molecular weight is 332 g/mol. The van der Waals surface area contributed by atoms with Crippen LogP contribution in [0.2, 0.25) is 0 Å². The van der Waals surface area contributed by atoms with Gasteiger partial charge in [-0.25, -0.2) is 4.79 Å². The van der Waals surface area contributed by atoms with E-state index in [0.29, 0.717) is 5.76 Å². The molecule has 0 aliphatic rings. The van der Waals surface area contributed by atoms with Crippen LogP contribution in [0.5, 0.6) is 0 Å². The highest BCUT2D eigenvalue weighted by molar-refractivity contribution is 5.75. The molecule has 0 bridgehead atoms. The number of aliphatic hydroxyl groups is 1. The monoisotopic (exact) mass is 332 g/mol. The summed E-state index contributed by atoms with van der Waals surface area (Å²) >= 11 is 0. The Hall–Kier alpha value is -2.80. The average Bonchev–Trinajstić information content (AvgIpc) is 3.09. The number of benzene rings is 1. The number of aliphatic hydroxyl groups excluding tert-OH is 1. The fourth-order valence-corrected chi connectivity index (χ4v) is 2.19. The van der Waals surface area contributed by atoms with Gasteiger partial charge in [-0.15, -0.1) is 0 Å². The number of rotatable bonds is 8. The summed E-state index contributed by atoms with van der Waals surface area (Å²) in [6, 6.07) is 12.2. The molecule has 1 aromatic carbocycles. The van der Waals surface area contributed by atoms with Gasteiger partial charge in [-0.2, -0.15) is 0 Å². The first kappa shape index (κ1) is 17.6. The lowest BCUT2D eigenvalue weighted by Crippen LogP contribution is -2.42. The van der Waals surface area contributed by atoms with Crippen molar-refractivity contribution in [2.24, 2.45) is 0 Å². The van der Waals surface area contributed by atoms with E-state index in [0.717, 1.165) is 5.56 Å². The summed E-state index contributed by atoms with van der Waals surface area (Å²) in [6.45, 7) is 0.342. The molecule has 2 rings (SSSR count). The highest BCUT2D eigenvalue weighted by Gasteiger charge is 2.20. The summed E-state index contributed by atoms with van der Waals surface area (Å²) in [5, 5.41) is 21.4. The second-order valence-electron chi connectivity index (χ2n) is 5.27. The molecule has 7 heteroatoms. The van der Waals surface area contributed by atoms with E-state index in [1.54, 1.807) is 12.1 Å². The quantitative estimate of drug-likeness (QED) is 0.686. The van der Waals surface area contributed by atoms with Crippen molar-refractivity contribution >= 4 is 12.0 Å². The maximum atomic E-state index is 12.3. The van der Waals surface area contributed by atoms with Gasteiger partial charge in [-0.05, 0) is 17.7 Å². The number of carboxylic acids is 1. The molecule has 128 valence electrons. The molecule has 2 amide bonds. The summed E-state index contributed by atoms with van der Waals surface area (Å²) in [4.78, 5) is 24.3. The fraction of sp³-hybridized carbons (Fsp3) is 0.294. The van der Waals surface area contributed by atoms with Crippen LogP contribution in [0.3, 0.4) is 0 Å². The topological polar surface area (TPSA) is 103 Å². The highest BCUT2D eigenvalue weighted by Crippen LogP contribution is 2.16. The Morgan fingerprint density at radius 2 is 1.92 bits per heavy atom. The van der Waals surface area contributed by atoms with Gasteiger partial charge in [0.15, 0.2) is 0 Å². The lowest BCUT2D eigenvalue weighted by atomic mass is 10.2. The third-order valence-corrected chi connectivity index (χ3v) is 3.38. The van der Waals surface area contributed by atoms with Crippen molar-refractivity contribution in [2.45, 2.75) is 19.1 Å². The van der Waals surface area contributed by atoms with Crippen LogP contribution in [-0.4, -0.2) is 40.2 Å². The Morgan fingerprint density at radius 3 is 2.54 bits per heavy atom. The van der Waals surface area contributed by atoms with E-state index in [2.05, 4.69) is 5.32 Å². The number of carbonyl (C=O) groups excluding carboxylic acids is 1. The standard InChI is InChI=1S/C17H20N2O5/c20-14(15-7-4-10-24-15)12-19(11-13-5-2-1-3-6-13)17(23)18-9-8-16(21)22/h1-7,10,14,20H,8-9,11-12H2,(H,18,23)(H,21,22). The van der Waals surface area contributed by atoms with Crippen LogP contribution in [0.1, 0.15) is 23.8 Å². The number of hydrogen-bond acceptors (Lipinski definition) is 4. The zero-order valence-corrected chi connectivity index (χ0v) is 13.1. The van der Waals surface area contributed by atoms with Crippen LogP contribution in [-0.2, 0) is 11.3 Å². The van der Waals surface area contributed by atoms with E-state index in [1.165, 1.54) is 11.2 Å². The largest absolute Gasteiger partial charge is 0.481 e. The molecule has 7 nitrogen and oxygen atoms in total. The van der Waals surface area contributed by atoms with Crippen molar-refractivity contribution in [2.75, 3.05) is 13.1 Å². The van der Waals surface area contributed by atoms with Gasteiger partial charge < -0.3 is 24.8 Å². The third-order valence-electron chi connectivity index (χ3n) is 3.38. The number of aliphatic carboxylic acids is 1. The Kier molecular flexibility index (Phi) is 6.39. The minimum absolute atomic E-state index is 0.0241. The van der Waals surface area contributed by atoms with Crippen molar-refractivity contribution < 1.29 is 24.2 Å². The van der Waals surface area contributed by atoms with Crippen molar-refractivity contribution in [1.29, 1.82) is 0 Å². The summed E-state index contributed by atoms with van der Waals surface area (Å²) in [5.41, 5.74) is 0.900. The maximum Gasteiger partial charge on any atom is 0.317 e. The van der Waals surface area contributed by atoms with E-state index >= 15 is 0 Å². The van der Waals surface area contributed by atoms with Gasteiger partial charge in [-0.1, -0.05) is 30.3 Å². The molecule has 1 atom stereocenters. The van der Waals surface area contributed by atoms with Crippen molar-refractivity contribution in [1.82, 2.24) is 10.2 Å². The van der Waals surface area contributed by atoms with Crippen LogP contribution >= 0.6 is 0 Å². The van der Waals surface area contributed by atoms with Crippen LogP contribution in [0.15, 0.2) is 53.1 Å². The summed E-state index contributed by atoms with van der Waals surface area (Å²) in [7, 11) is 0. The Morgan fingerprint density at radius 1 is 1.17 bits per heavy atom. The Bertz CT molecular complexity index is 642. The molecule has 0 spiro atoms. The number of hydrogen-bond donors (Lipinski definition) is 3. The first-order chi connectivity index (χ1) is 11.6. The predicted molar refractivity (Wildman–Crippen MR) is 86.2 cm³/mol. The predicted octanol–water partition coefficient (Wildman–Crippen LogP) is 2.00. The molecule has 1 heterocycles. The van der Waals surface area contributed by atoms with Crippen LogP contribution in [0.25, 0.3) is 0 Å². The smallest absolute Gasteiger partial charge is 0.317 e. The minimum Gasteiger partial charge on any atom is -0.481 e. The first-order valence-electron chi connectivity index (χ1n) is 7.56. The number of amides is 2. The summed E-state index contributed by atoms with van der Waals surface area (Å²) in [6.07, 6.45) is 0.326. The molecule has 0 saturated heterocycles. The Labute approximate surface area is 139 Å². The van der Waals surface area contributed by atoms with Gasteiger partial charge in [0, 0.05) is 13.1 Å². The molecule has 1 aromatic heterocycles. The molecule has 0 aliphatic carbocycles. The molecule has 24 heavy (non-hydrogen) atoms. The van der Waals surface area contributed by atoms with Crippen LogP contribution < -0.4 is 5.32 Å². The van der Waals surface area contributed by atoms with Crippen LogP contribution in [0, 0.1) is 0 Å². The number of carboxylic acid groups (broad SMARTS) is 1. The molecular weight excluding hydrogens is 312 g/mol. The van der Waals surface area contributed by atoms with Crippen LogP contribution in [0.4, 0.5) is 4.79 Å². The summed E-state index contributed by atoms with van der Waals surface area (Å²) in [5.74, 6) is -0.619. The van der Waals surface area contributed by atoms with Gasteiger partial charge >= 0.3 is 12.0 Å². The first-order valence-corrected chi connectivity index (χ1v) is 7.56. The van der Waals surface area contributed by atoms with Gasteiger partial charge in [0.1, 0.15) is 11.9 Å². The maximum absolute atomic E-state index is 12.3. The van der Waals surface area contributed by atoms with E-state index < -0.39 is 18.1 Å². The number of carbonyl (C=O) groups is 2. The molecule has 2 aromatic rings. The van der Waals surface area contributed by atoms with E-state index in [4.69, 9.17) is 9.52 Å². The Balaban J connectivity index is 2.02. The summed E-state index contributed by atoms with van der Waals surface area (Å²) < 4.78 is 5.15. The second kappa shape index (κ2) is 8.73. The van der Waals surface area contributed by atoms with E-state index in [-0.39, 0.29) is 26.1 Å². The van der Waals surface area contributed by atoms with Crippen molar-refractivity contribution in [3.63, 3.8) is 0 Å². The molecule has 1 unspecified atom stereocenters. The lowest BCUT2D eigenvalue weighted by molar-refractivity contribution is -0.136. The SMILES string of the molecule is O=C(O)CCNC(=O)N(Cc1ccccc1)CC(O)c1ccco1. The number of nitrogens with one attached hydrogen (secondary N) is 1. The molecule has 0 aliphatic heterocycles. The van der Waals surface area contributed by atoms with Gasteiger partial charge in [0.2, 0.25) is 0 Å². The lowest BCUT2D eigenvalue weighted by Gasteiger charge is -2.25. The number of furan rings is 1.